The van der Waals surface area contributed by atoms with E-state index >= 15 is 0 Å². The van der Waals surface area contributed by atoms with Crippen LogP contribution in [0.5, 0.6) is 0 Å². The number of esters is 1. The van der Waals surface area contributed by atoms with Gasteiger partial charge in [0.25, 0.3) is 0 Å². The Balaban J connectivity index is 1.05. The minimum Gasteiger partial charge on any atom is -0.462 e. The van der Waals surface area contributed by atoms with E-state index in [1.54, 1.807) is 0 Å². The molecule has 0 radical (unpaired) electrons. The SMILES string of the molecule is C[C@H](COC(=O)c1ccccc1)[C@H]1CCC2C3C(CC[C@@]21C)[C@@]1(C)CC[C@H](NCCCNCCCCNCCCN)CC1C[C@H]3O. The van der Waals surface area contributed by atoms with Gasteiger partial charge in [0.15, 0.2) is 0 Å². The highest BCUT2D eigenvalue weighted by atomic mass is 16.5. The van der Waals surface area contributed by atoms with Gasteiger partial charge in [0.2, 0.25) is 0 Å². The van der Waals surface area contributed by atoms with Crippen LogP contribution in [0, 0.1) is 46.3 Å². The van der Waals surface area contributed by atoms with Crippen LogP contribution in [-0.4, -0.2) is 69.1 Å². The number of carbonyl (C=O) groups excluding carboxylic acids is 1. The van der Waals surface area contributed by atoms with Gasteiger partial charge >= 0.3 is 5.97 Å². The fraction of sp³-hybridized carbons (Fsp3) is 0.821. The van der Waals surface area contributed by atoms with Crippen molar-refractivity contribution in [3.63, 3.8) is 0 Å². The third-order valence-corrected chi connectivity index (χ3v) is 13.4. The fourth-order valence-corrected chi connectivity index (χ4v) is 10.9. The standard InChI is InChI=1S/C39H66N4O3/c1-28(27-46-37(45)29-11-5-4-6-12-29)32-13-14-33-36-34(16-18-39(32,33)3)38(2)17-15-31(25-30(38)26-35(36)44)43-24-10-23-42-21-8-7-20-41-22-9-19-40/h4-6,11-12,28,30-36,41-44H,7-10,13-27,40H2,1-3H3/t28-,30?,31+,32-,33?,34?,35-,36?,38+,39-/m1/s1. The van der Waals surface area contributed by atoms with Crippen molar-refractivity contribution in [1.82, 2.24) is 16.0 Å². The van der Waals surface area contributed by atoms with Crippen molar-refractivity contribution in [3.05, 3.63) is 35.9 Å². The van der Waals surface area contributed by atoms with Gasteiger partial charge in [-0.05, 0) is 175 Å². The van der Waals surface area contributed by atoms with Gasteiger partial charge in [0.05, 0.1) is 18.3 Å². The van der Waals surface area contributed by atoms with Crippen LogP contribution >= 0.6 is 0 Å². The molecule has 0 spiro atoms. The van der Waals surface area contributed by atoms with Gasteiger partial charge in [0, 0.05) is 6.04 Å². The summed E-state index contributed by atoms with van der Waals surface area (Å²) in [4.78, 5) is 12.6. The van der Waals surface area contributed by atoms with E-state index in [0.29, 0.717) is 59.1 Å². The number of unbranched alkanes of at least 4 members (excludes halogenated alkanes) is 1. The number of aliphatic hydroxyl groups excluding tert-OH is 1. The molecule has 10 atom stereocenters. The van der Waals surface area contributed by atoms with Crippen LogP contribution in [0.15, 0.2) is 30.3 Å². The Morgan fingerprint density at radius 3 is 2.30 bits per heavy atom. The molecule has 46 heavy (non-hydrogen) atoms. The smallest absolute Gasteiger partial charge is 0.338 e. The Labute approximate surface area is 280 Å². The van der Waals surface area contributed by atoms with Crippen molar-refractivity contribution in [2.24, 2.45) is 52.1 Å². The molecule has 7 nitrogen and oxygen atoms in total. The molecule has 4 saturated carbocycles. The highest BCUT2D eigenvalue weighted by Gasteiger charge is 2.63. The zero-order valence-electron chi connectivity index (χ0n) is 29.3. The molecule has 4 unspecified atom stereocenters. The summed E-state index contributed by atoms with van der Waals surface area (Å²) < 4.78 is 5.82. The lowest BCUT2D eigenvalue weighted by Crippen LogP contribution is -2.59. The van der Waals surface area contributed by atoms with E-state index in [-0.39, 0.29) is 17.5 Å². The van der Waals surface area contributed by atoms with E-state index in [1.165, 1.54) is 64.2 Å². The zero-order valence-corrected chi connectivity index (χ0v) is 29.3. The van der Waals surface area contributed by atoms with Crippen LogP contribution in [-0.2, 0) is 4.74 Å². The van der Waals surface area contributed by atoms with Crippen LogP contribution in [0.1, 0.15) is 108 Å². The summed E-state index contributed by atoms with van der Waals surface area (Å²) in [6.07, 6.45) is 14.1. The first-order valence-electron chi connectivity index (χ1n) is 19.0. The van der Waals surface area contributed by atoms with Gasteiger partial charge in [-0.1, -0.05) is 39.0 Å². The second-order valence-corrected chi connectivity index (χ2v) is 16.1. The number of aliphatic hydroxyl groups is 1. The maximum Gasteiger partial charge on any atom is 0.338 e. The second kappa shape index (κ2) is 16.7. The van der Waals surface area contributed by atoms with Gasteiger partial charge in [-0.15, -0.1) is 0 Å². The summed E-state index contributed by atoms with van der Waals surface area (Å²) in [7, 11) is 0. The van der Waals surface area contributed by atoms with Crippen LogP contribution in [0.3, 0.4) is 0 Å². The number of carbonyl (C=O) groups is 1. The number of rotatable bonds is 17. The third kappa shape index (κ3) is 8.19. The molecule has 0 saturated heterocycles. The maximum atomic E-state index is 12.6. The molecule has 1 aromatic carbocycles. The van der Waals surface area contributed by atoms with Crippen LogP contribution in [0.2, 0.25) is 0 Å². The first-order chi connectivity index (χ1) is 22.3. The van der Waals surface area contributed by atoms with Crippen molar-refractivity contribution in [2.75, 3.05) is 45.9 Å². The molecule has 4 aliphatic rings. The predicted molar refractivity (Wildman–Crippen MR) is 188 cm³/mol. The monoisotopic (exact) mass is 639 g/mol. The number of hydrogen-bond acceptors (Lipinski definition) is 7. The van der Waals surface area contributed by atoms with E-state index in [9.17, 15) is 9.90 Å². The summed E-state index contributed by atoms with van der Waals surface area (Å²) in [6.45, 7) is 14.0. The molecule has 260 valence electrons. The normalized spacial score (nSPS) is 36.0. The van der Waals surface area contributed by atoms with E-state index in [4.69, 9.17) is 10.5 Å². The first kappa shape index (κ1) is 35.8. The van der Waals surface area contributed by atoms with E-state index in [1.807, 2.05) is 30.3 Å². The topological polar surface area (TPSA) is 109 Å². The van der Waals surface area contributed by atoms with E-state index in [0.717, 1.165) is 52.1 Å². The number of nitrogens with one attached hydrogen (secondary N) is 3. The molecule has 4 fully saturated rings. The lowest BCUT2D eigenvalue weighted by Gasteiger charge is -2.62. The van der Waals surface area contributed by atoms with Gasteiger partial charge < -0.3 is 31.5 Å². The van der Waals surface area contributed by atoms with Crippen molar-refractivity contribution in [2.45, 2.75) is 110 Å². The molecule has 0 bridgehead atoms. The Morgan fingerprint density at radius 1 is 0.891 bits per heavy atom. The first-order valence-corrected chi connectivity index (χ1v) is 19.0. The summed E-state index contributed by atoms with van der Waals surface area (Å²) in [5.41, 5.74) is 6.74. The van der Waals surface area contributed by atoms with Crippen LogP contribution in [0.25, 0.3) is 0 Å². The zero-order chi connectivity index (χ0) is 32.6. The molecule has 0 aliphatic heterocycles. The summed E-state index contributed by atoms with van der Waals surface area (Å²) in [5, 5.41) is 22.8. The lowest BCUT2D eigenvalue weighted by molar-refractivity contribution is -0.167. The molecular formula is C39H66N4O3. The van der Waals surface area contributed by atoms with E-state index in [2.05, 4.69) is 36.7 Å². The summed E-state index contributed by atoms with van der Waals surface area (Å²) in [6, 6.07) is 9.95. The molecule has 4 aliphatic carbocycles. The highest BCUT2D eigenvalue weighted by Crippen LogP contribution is 2.68. The summed E-state index contributed by atoms with van der Waals surface area (Å²) in [5.74, 6) is 2.89. The average Bonchev–Trinajstić information content (AvgIpc) is 3.42. The highest BCUT2D eigenvalue weighted by molar-refractivity contribution is 5.89. The van der Waals surface area contributed by atoms with Gasteiger partial charge in [-0.25, -0.2) is 4.79 Å². The van der Waals surface area contributed by atoms with Gasteiger partial charge in [-0.2, -0.15) is 0 Å². The Morgan fingerprint density at radius 2 is 1.57 bits per heavy atom. The molecule has 0 heterocycles. The second-order valence-electron chi connectivity index (χ2n) is 16.1. The molecule has 0 aromatic heterocycles. The van der Waals surface area contributed by atoms with Crippen LogP contribution < -0.4 is 21.7 Å². The Kier molecular flexibility index (Phi) is 13.0. The van der Waals surface area contributed by atoms with Crippen molar-refractivity contribution < 1.29 is 14.6 Å². The quantitative estimate of drug-likeness (QED) is 0.109. The lowest BCUT2D eigenvalue weighted by atomic mass is 9.43. The molecule has 6 N–H and O–H groups in total. The molecule has 7 heteroatoms. The van der Waals surface area contributed by atoms with Gasteiger partial charge in [0.1, 0.15) is 0 Å². The minimum absolute atomic E-state index is 0.184. The van der Waals surface area contributed by atoms with Crippen molar-refractivity contribution >= 4 is 5.97 Å². The number of nitrogens with two attached hydrogens (primary N) is 1. The molecule has 1 aromatic rings. The fourth-order valence-electron chi connectivity index (χ4n) is 10.9. The minimum atomic E-state index is -0.215. The largest absolute Gasteiger partial charge is 0.462 e. The predicted octanol–water partition coefficient (Wildman–Crippen LogP) is 5.77. The summed E-state index contributed by atoms with van der Waals surface area (Å²) >= 11 is 0. The average molecular weight is 639 g/mol. The maximum absolute atomic E-state index is 12.6. The van der Waals surface area contributed by atoms with Crippen molar-refractivity contribution in [3.8, 4) is 0 Å². The Bertz CT molecular complexity index is 1070. The van der Waals surface area contributed by atoms with Crippen molar-refractivity contribution in [1.29, 1.82) is 0 Å². The molecule has 0 amide bonds. The number of benzene rings is 1. The number of hydrogen-bond donors (Lipinski definition) is 5. The Hall–Kier alpha value is -1.51. The molecule has 5 rings (SSSR count). The van der Waals surface area contributed by atoms with Crippen LogP contribution in [0.4, 0.5) is 0 Å². The number of ether oxygens (including phenoxy) is 1. The number of fused-ring (bicyclic) bond motifs is 5. The van der Waals surface area contributed by atoms with E-state index < -0.39 is 0 Å². The van der Waals surface area contributed by atoms with Gasteiger partial charge in [-0.3, -0.25) is 0 Å². The third-order valence-electron chi connectivity index (χ3n) is 13.4. The molecular weight excluding hydrogens is 572 g/mol.